The Balaban J connectivity index is 1.96. The Morgan fingerprint density at radius 1 is 1.32 bits per heavy atom. The summed E-state index contributed by atoms with van der Waals surface area (Å²) in [7, 11) is 1.56. The third kappa shape index (κ3) is 3.30. The number of amides is 2. The Labute approximate surface area is 111 Å². The fraction of sp³-hybridized carbons (Fsp3) is 0.385. The zero-order chi connectivity index (χ0) is 13.8. The Bertz CT molecular complexity index is 473. The van der Waals surface area contributed by atoms with Crippen molar-refractivity contribution in [1.29, 1.82) is 0 Å². The number of anilines is 1. The van der Waals surface area contributed by atoms with E-state index in [0.29, 0.717) is 24.2 Å². The fourth-order valence-electron chi connectivity index (χ4n) is 2.00. The van der Waals surface area contributed by atoms with Crippen molar-refractivity contribution in [3.8, 4) is 0 Å². The van der Waals surface area contributed by atoms with Crippen LogP contribution in [0.1, 0.15) is 16.8 Å². The van der Waals surface area contributed by atoms with Gasteiger partial charge in [0.2, 0.25) is 5.91 Å². The van der Waals surface area contributed by atoms with Crippen LogP contribution in [0.4, 0.5) is 5.69 Å². The van der Waals surface area contributed by atoms with Gasteiger partial charge in [-0.1, -0.05) is 0 Å². The standard InChI is InChI=1S/C13H17N3O3/c1-14-12(18)8-2-4-9(5-3-8)16-13(19)11-6-10(17)7-15-11/h2-5,10-11,15,17H,6-7H2,1H3,(H,14,18)(H,16,19). The van der Waals surface area contributed by atoms with E-state index in [9.17, 15) is 14.7 Å². The molecule has 4 N–H and O–H groups in total. The summed E-state index contributed by atoms with van der Waals surface area (Å²) in [6.07, 6.45) is -0.0475. The Morgan fingerprint density at radius 2 is 2.00 bits per heavy atom. The number of hydrogen-bond acceptors (Lipinski definition) is 4. The number of aliphatic hydroxyl groups excluding tert-OH is 1. The molecule has 0 aliphatic carbocycles. The van der Waals surface area contributed by atoms with Gasteiger partial charge in [-0.3, -0.25) is 9.59 Å². The van der Waals surface area contributed by atoms with Gasteiger partial charge in [-0.25, -0.2) is 0 Å². The second kappa shape index (κ2) is 5.81. The summed E-state index contributed by atoms with van der Waals surface area (Å²) in [5, 5.41) is 17.6. The van der Waals surface area contributed by atoms with Crippen LogP contribution in [-0.2, 0) is 4.79 Å². The van der Waals surface area contributed by atoms with E-state index in [1.807, 2.05) is 0 Å². The van der Waals surface area contributed by atoms with E-state index in [-0.39, 0.29) is 17.9 Å². The third-order valence-corrected chi connectivity index (χ3v) is 3.07. The van der Waals surface area contributed by atoms with Crippen molar-refractivity contribution in [3.05, 3.63) is 29.8 Å². The highest BCUT2D eigenvalue weighted by atomic mass is 16.3. The minimum absolute atomic E-state index is 0.168. The van der Waals surface area contributed by atoms with Crippen molar-refractivity contribution in [2.75, 3.05) is 18.9 Å². The first-order valence-corrected chi connectivity index (χ1v) is 6.14. The highest BCUT2D eigenvalue weighted by molar-refractivity contribution is 5.97. The largest absolute Gasteiger partial charge is 0.392 e. The molecule has 6 nitrogen and oxygen atoms in total. The van der Waals surface area contributed by atoms with Crippen LogP contribution in [0.3, 0.4) is 0 Å². The average Bonchev–Trinajstić information content (AvgIpc) is 2.85. The smallest absolute Gasteiger partial charge is 0.251 e. The molecule has 1 heterocycles. The number of carbonyl (C=O) groups is 2. The maximum absolute atomic E-state index is 11.9. The maximum atomic E-state index is 11.9. The molecule has 2 atom stereocenters. The molecule has 1 aliphatic rings. The van der Waals surface area contributed by atoms with Crippen LogP contribution in [0.15, 0.2) is 24.3 Å². The molecule has 0 radical (unpaired) electrons. The van der Waals surface area contributed by atoms with Crippen molar-refractivity contribution >= 4 is 17.5 Å². The summed E-state index contributed by atoms with van der Waals surface area (Å²) >= 11 is 0. The molecular weight excluding hydrogens is 246 g/mol. The van der Waals surface area contributed by atoms with Crippen molar-refractivity contribution in [1.82, 2.24) is 10.6 Å². The summed E-state index contributed by atoms with van der Waals surface area (Å²) in [4.78, 5) is 23.2. The van der Waals surface area contributed by atoms with E-state index in [1.165, 1.54) is 0 Å². The molecule has 1 fully saturated rings. The van der Waals surface area contributed by atoms with E-state index in [1.54, 1.807) is 31.3 Å². The lowest BCUT2D eigenvalue weighted by Crippen LogP contribution is -2.35. The molecular formula is C13H17N3O3. The summed E-state index contributed by atoms with van der Waals surface area (Å²) in [6, 6.07) is 6.27. The third-order valence-electron chi connectivity index (χ3n) is 3.07. The average molecular weight is 263 g/mol. The van der Waals surface area contributed by atoms with E-state index in [4.69, 9.17) is 0 Å². The molecule has 0 spiro atoms. The normalized spacial score (nSPS) is 22.0. The predicted molar refractivity (Wildman–Crippen MR) is 70.9 cm³/mol. The Morgan fingerprint density at radius 3 is 2.53 bits per heavy atom. The fourth-order valence-corrected chi connectivity index (χ4v) is 2.00. The number of β-amino-alcohol motifs (C(OH)–C–C–N with tert-alkyl or cyclic N) is 1. The number of aliphatic hydroxyl groups is 1. The van der Waals surface area contributed by atoms with Gasteiger partial charge < -0.3 is 21.1 Å². The van der Waals surface area contributed by atoms with Crippen LogP contribution in [0.2, 0.25) is 0 Å². The quantitative estimate of drug-likeness (QED) is 0.603. The van der Waals surface area contributed by atoms with Crippen molar-refractivity contribution in [3.63, 3.8) is 0 Å². The lowest BCUT2D eigenvalue weighted by atomic mass is 10.1. The number of hydrogen-bond donors (Lipinski definition) is 4. The number of benzene rings is 1. The zero-order valence-corrected chi connectivity index (χ0v) is 10.6. The number of nitrogens with one attached hydrogen (secondary N) is 3. The van der Waals surface area contributed by atoms with E-state index < -0.39 is 6.10 Å². The van der Waals surface area contributed by atoms with Crippen LogP contribution in [-0.4, -0.2) is 42.7 Å². The highest BCUT2D eigenvalue weighted by Crippen LogP contribution is 2.12. The van der Waals surface area contributed by atoms with Crippen molar-refractivity contribution in [2.45, 2.75) is 18.6 Å². The molecule has 0 saturated carbocycles. The molecule has 19 heavy (non-hydrogen) atoms. The summed E-state index contributed by atoms with van der Waals surface area (Å²) in [5.74, 6) is -0.345. The first-order valence-electron chi connectivity index (χ1n) is 6.14. The molecule has 2 amide bonds. The molecule has 2 unspecified atom stereocenters. The Kier molecular flexibility index (Phi) is 4.13. The van der Waals surface area contributed by atoms with Crippen LogP contribution in [0.25, 0.3) is 0 Å². The predicted octanol–water partition coefficient (Wildman–Crippen LogP) is -0.292. The molecule has 102 valence electrons. The molecule has 1 saturated heterocycles. The minimum atomic E-state index is -0.466. The summed E-state index contributed by atoms with van der Waals surface area (Å²) in [6.45, 7) is 0.438. The summed E-state index contributed by atoms with van der Waals surface area (Å²) in [5.41, 5.74) is 1.16. The second-order valence-corrected chi connectivity index (χ2v) is 4.50. The van der Waals surface area contributed by atoms with Crippen molar-refractivity contribution in [2.24, 2.45) is 0 Å². The van der Waals surface area contributed by atoms with Gasteiger partial charge in [-0.15, -0.1) is 0 Å². The van der Waals surface area contributed by atoms with Gasteiger partial charge in [0, 0.05) is 24.8 Å². The molecule has 1 aliphatic heterocycles. The molecule has 2 rings (SSSR count). The van der Waals surface area contributed by atoms with Crippen molar-refractivity contribution < 1.29 is 14.7 Å². The zero-order valence-electron chi connectivity index (χ0n) is 10.6. The first-order chi connectivity index (χ1) is 9.10. The van der Waals surface area contributed by atoms with Gasteiger partial charge in [0.1, 0.15) is 0 Å². The molecule has 0 aromatic heterocycles. The topological polar surface area (TPSA) is 90.5 Å². The van der Waals surface area contributed by atoms with E-state index >= 15 is 0 Å². The molecule has 6 heteroatoms. The summed E-state index contributed by atoms with van der Waals surface area (Å²) < 4.78 is 0. The van der Waals surface area contributed by atoms with Gasteiger partial charge >= 0.3 is 0 Å². The van der Waals surface area contributed by atoms with Gasteiger partial charge in [0.25, 0.3) is 5.91 Å². The van der Waals surface area contributed by atoms with Crippen LogP contribution >= 0.6 is 0 Å². The maximum Gasteiger partial charge on any atom is 0.251 e. The van der Waals surface area contributed by atoms with E-state index in [2.05, 4.69) is 16.0 Å². The van der Waals surface area contributed by atoms with Crippen LogP contribution < -0.4 is 16.0 Å². The lowest BCUT2D eigenvalue weighted by molar-refractivity contribution is -0.117. The SMILES string of the molecule is CNC(=O)c1ccc(NC(=O)C2CC(O)CN2)cc1. The minimum Gasteiger partial charge on any atom is -0.392 e. The second-order valence-electron chi connectivity index (χ2n) is 4.50. The van der Waals surface area contributed by atoms with Gasteiger partial charge in [-0.05, 0) is 30.7 Å². The molecule has 0 bridgehead atoms. The van der Waals surface area contributed by atoms with Gasteiger partial charge in [0.05, 0.1) is 12.1 Å². The Hall–Kier alpha value is -1.92. The molecule has 1 aromatic carbocycles. The van der Waals surface area contributed by atoms with E-state index in [0.717, 1.165) is 0 Å². The van der Waals surface area contributed by atoms with Crippen LogP contribution in [0, 0.1) is 0 Å². The van der Waals surface area contributed by atoms with Crippen LogP contribution in [0.5, 0.6) is 0 Å². The number of carbonyl (C=O) groups excluding carboxylic acids is 2. The molecule has 1 aromatic rings. The highest BCUT2D eigenvalue weighted by Gasteiger charge is 2.27. The number of rotatable bonds is 3. The monoisotopic (exact) mass is 263 g/mol. The first kappa shape index (κ1) is 13.5. The lowest BCUT2D eigenvalue weighted by Gasteiger charge is -2.11. The van der Waals surface area contributed by atoms with Gasteiger partial charge in [-0.2, -0.15) is 0 Å². The van der Waals surface area contributed by atoms with Gasteiger partial charge in [0.15, 0.2) is 0 Å².